The van der Waals surface area contributed by atoms with Gasteiger partial charge in [0.05, 0.1) is 11.9 Å². The van der Waals surface area contributed by atoms with Crippen LogP contribution in [-0.2, 0) is 21.2 Å². The molecule has 4 N–H and O–H groups in total. The molecule has 1 rings (SSSR count). The van der Waals surface area contributed by atoms with Gasteiger partial charge in [-0.1, -0.05) is 39.8 Å². The smallest absolute Gasteiger partial charge is 0.221 e. The van der Waals surface area contributed by atoms with E-state index in [-0.39, 0.29) is 30.5 Å². The first kappa shape index (κ1) is 29.4. The Balaban J connectivity index is 2.63. The molecule has 1 aromatic carbocycles. The second-order valence-electron chi connectivity index (χ2n) is 8.95. The third-order valence-electron chi connectivity index (χ3n) is 5.42. The van der Waals surface area contributed by atoms with E-state index in [9.17, 15) is 23.4 Å². The number of hydrogen-bond acceptors (Lipinski definition) is 6. The monoisotopic (exact) mass is 485 g/mol. The number of carbonyl (C=O) groups excluding carboxylic acids is 1. The van der Waals surface area contributed by atoms with Crippen molar-refractivity contribution in [2.45, 2.75) is 71.9 Å². The molecule has 0 fully saturated rings. The Labute approximate surface area is 199 Å². The van der Waals surface area contributed by atoms with Crippen LogP contribution < -0.4 is 10.6 Å². The second-order valence-corrected chi connectivity index (χ2v) is 11.0. The van der Waals surface area contributed by atoms with Gasteiger partial charge in [0.1, 0.15) is 5.75 Å². The maximum Gasteiger partial charge on any atom is 0.221 e. The number of nitrogens with zero attached hydrogens (tertiary/aromatic N) is 1. The van der Waals surface area contributed by atoms with Crippen LogP contribution in [0, 0.1) is 5.92 Å². The highest BCUT2D eigenvalue weighted by atomic mass is 32.2. The number of phenolic OH excluding ortho intramolecular Hbond substituents is 1. The van der Waals surface area contributed by atoms with E-state index in [1.54, 1.807) is 24.3 Å². The topological polar surface area (TPSA) is 119 Å². The summed E-state index contributed by atoms with van der Waals surface area (Å²) in [6, 6.07) is 6.54. The van der Waals surface area contributed by atoms with Gasteiger partial charge >= 0.3 is 0 Å². The molecule has 0 spiro atoms. The molecule has 0 aliphatic heterocycles. The van der Waals surface area contributed by atoms with E-state index in [1.807, 2.05) is 13.8 Å². The Kier molecular flexibility index (Phi) is 13.6. The van der Waals surface area contributed by atoms with Crippen LogP contribution in [-0.4, -0.2) is 72.9 Å². The van der Waals surface area contributed by atoms with Gasteiger partial charge in [0, 0.05) is 32.1 Å². The predicted molar refractivity (Wildman–Crippen MR) is 133 cm³/mol. The number of carbonyl (C=O) groups is 1. The quantitative estimate of drug-likeness (QED) is 0.269. The number of aliphatic hydroxyl groups excluding tert-OH is 1. The van der Waals surface area contributed by atoms with Crippen molar-refractivity contribution in [2.24, 2.45) is 5.92 Å². The van der Waals surface area contributed by atoms with E-state index >= 15 is 0 Å². The number of benzene rings is 1. The molecule has 2 atom stereocenters. The van der Waals surface area contributed by atoms with Crippen LogP contribution in [0.25, 0.3) is 0 Å². The molecule has 1 aromatic rings. The van der Waals surface area contributed by atoms with Gasteiger partial charge in [0.2, 0.25) is 15.9 Å². The van der Waals surface area contributed by atoms with Gasteiger partial charge in [-0.15, -0.1) is 0 Å². The molecular weight excluding hydrogens is 442 g/mol. The van der Waals surface area contributed by atoms with Crippen molar-refractivity contribution < 1.29 is 23.4 Å². The van der Waals surface area contributed by atoms with Gasteiger partial charge < -0.3 is 20.8 Å². The van der Waals surface area contributed by atoms with Crippen molar-refractivity contribution in [3.63, 3.8) is 0 Å². The first-order chi connectivity index (χ1) is 15.6. The van der Waals surface area contributed by atoms with Crippen LogP contribution in [0.15, 0.2) is 24.3 Å². The molecule has 1 unspecified atom stereocenters. The zero-order valence-electron chi connectivity index (χ0n) is 20.6. The van der Waals surface area contributed by atoms with E-state index in [2.05, 4.69) is 24.5 Å². The summed E-state index contributed by atoms with van der Waals surface area (Å²) in [5.41, 5.74) is 0.957. The lowest BCUT2D eigenvalue weighted by molar-refractivity contribution is -0.121. The summed E-state index contributed by atoms with van der Waals surface area (Å²) in [4.78, 5) is 12.3. The standard InChI is InChI=1S/C24H43N3O5S/c1-5-14-27(15-6-2)33(31,32)16-12-24(30)26-18-23(29)22(25-13-11-19(3)4)17-20-7-9-21(28)10-8-20/h7-10,19,22-23,25,28-29H,5-6,11-18H2,1-4H3,(H,26,30)/t22?,23-/m1/s1. The highest BCUT2D eigenvalue weighted by molar-refractivity contribution is 7.89. The molecule has 190 valence electrons. The fourth-order valence-corrected chi connectivity index (χ4v) is 5.10. The van der Waals surface area contributed by atoms with Crippen molar-refractivity contribution in [3.05, 3.63) is 29.8 Å². The van der Waals surface area contributed by atoms with Gasteiger partial charge in [-0.25, -0.2) is 12.7 Å². The van der Waals surface area contributed by atoms with Crippen LogP contribution in [0.3, 0.4) is 0 Å². The fourth-order valence-electron chi connectivity index (χ4n) is 3.48. The predicted octanol–water partition coefficient (Wildman–Crippen LogP) is 2.26. The molecule has 0 saturated carbocycles. The highest BCUT2D eigenvalue weighted by Crippen LogP contribution is 2.13. The molecule has 9 heteroatoms. The van der Waals surface area contributed by atoms with Crippen molar-refractivity contribution in [2.75, 3.05) is 31.9 Å². The SMILES string of the molecule is CCCN(CCC)S(=O)(=O)CCC(=O)NC[C@@H](O)C(Cc1ccc(O)cc1)NCCC(C)C. The first-order valence-corrected chi connectivity index (χ1v) is 13.6. The van der Waals surface area contributed by atoms with Crippen LogP contribution in [0.1, 0.15) is 58.9 Å². The van der Waals surface area contributed by atoms with Gasteiger partial charge in [0.15, 0.2) is 0 Å². The Morgan fingerprint density at radius 1 is 1.09 bits per heavy atom. The number of aliphatic hydroxyl groups is 1. The van der Waals surface area contributed by atoms with E-state index in [1.165, 1.54) is 4.31 Å². The Morgan fingerprint density at radius 2 is 1.70 bits per heavy atom. The summed E-state index contributed by atoms with van der Waals surface area (Å²) in [7, 11) is -3.48. The van der Waals surface area contributed by atoms with Gasteiger partial charge in [-0.2, -0.15) is 0 Å². The first-order valence-electron chi connectivity index (χ1n) is 12.0. The summed E-state index contributed by atoms with van der Waals surface area (Å²) >= 11 is 0. The lowest BCUT2D eigenvalue weighted by Gasteiger charge is -2.25. The number of hydrogen-bond donors (Lipinski definition) is 4. The van der Waals surface area contributed by atoms with Crippen LogP contribution in [0.2, 0.25) is 0 Å². The molecule has 0 radical (unpaired) electrons. The maximum atomic E-state index is 12.5. The lowest BCUT2D eigenvalue weighted by atomic mass is 10.00. The third kappa shape index (κ3) is 11.8. The number of phenols is 1. The molecule has 0 aliphatic rings. The van der Waals surface area contributed by atoms with Crippen LogP contribution in [0.5, 0.6) is 5.75 Å². The normalized spacial score (nSPS) is 13.9. The van der Waals surface area contributed by atoms with Gasteiger partial charge in [-0.3, -0.25) is 4.79 Å². The molecule has 8 nitrogen and oxygen atoms in total. The van der Waals surface area contributed by atoms with Crippen LogP contribution >= 0.6 is 0 Å². The third-order valence-corrected chi connectivity index (χ3v) is 7.29. The number of amides is 1. The molecule has 0 aromatic heterocycles. The van der Waals surface area contributed by atoms with Crippen LogP contribution in [0.4, 0.5) is 0 Å². The Morgan fingerprint density at radius 3 is 2.24 bits per heavy atom. The molecule has 0 bridgehead atoms. The molecule has 33 heavy (non-hydrogen) atoms. The van der Waals surface area contributed by atoms with Crippen molar-refractivity contribution >= 4 is 15.9 Å². The highest BCUT2D eigenvalue weighted by Gasteiger charge is 2.23. The minimum atomic E-state index is -3.48. The summed E-state index contributed by atoms with van der Waals surface area (Å²) in [6.45, 7) is 9.78. The Bertz CT molecular complexity index is 778. The average Bonchev–Trinajstić information content (AvgIpc) is 2.76. The Hall–Kier alpha value is -1.68. The zero-order valence-corrected chi connectivity index (χ0v) is 21.4. The minimum Gasteiger partial charge on any atom is -0.508 e. The van der Waals surface area contributed by atoms with E-state index in [0.717, 1.165) is 31.4 Å². The summed E-state index contributed by atoms with van der Waals surface area (Å²) < 4.78 is 26.5. The van der Waals surface area contributed by atoms with Gasteiger partial charge in [-0.05, 0) is 55.8 Å². The van der Waals surface area contributed by atoms with E-state index in [0.29, 0.717) is 25.4 Å². The molecular formula is C24H43N3O5S. The van der Waals surface area contributed by atoms with Crippen molar-refractivity contribution in [3.8, 4) is 5.75 Å². The number of sulfonamides is 1. The van der Waals surface area contributed by atoms with Crippen molar-refractivity contribution in [1.82, 2.24) is 14.9 Å². The average molecular weight is 486 g/mol. The molecule has 0 heterocycles. The van der Waals surface area contributed by atoms with Crippen molar-refractivity contribution in [1.29, 1.82) is 0 Å². The molecule has 0 aliphatic carbocycles. The summed E-state index contributed by atoms with van der Waals surface area (Å²) in [5, 5.41) is 26.3. The maximum absolute atomic E-state index is 12.5. The minimum absolute atomic E-state index is 0.0317. The summed E-state index contributed by atoms with van der Waals surface area (Å²) in [6.07, 6.45) is 1.96. The molecule has 1 amide bonds. The molecule has 0 saturated heterocycles. The number of aromatic hydroxyl groups is 1. The zero-order chi connectivity index (χ0) is 24.9. The lowest BCUT2D eigenvalue weighted by Crippen LogP contribution is -2.48. The van der Waals surface area contributed by atoms with E-state index < -0.39 is 22.0 Å². The second kappa shape index (κ2) is 15.3. The fraction of sp³-hybridized carbons (Fsp3) is 0.708. The van der Waals surface area contributed by atoms with E-state index in [4.69, 9.17) is 0 Å². The number of rotatable bonds is 17. The number of nitrogens with one attached hydrogen (secondary N) is 2. The van der Waals surface area contributed by atoms with Gasteiger partial charge in [0.25, 0.3) is 0 Å². The summed E-state index contributed by atoms with van der Waals surface area (Å²) in [5.74, 6) is 0.0717. The largest absolute Gasteiger partial charge is 0.508 e.